The fourth-order valence-corrected chi connectivity index (χ4v) is 5.01. The molecule has 3 heterocycles. The first kappa shape index (κ1) is 22.2. The summed E-state index contributed by atoms with van der Waals surface area (Å²) in [6, 6.07) is 8.08. The molecule has 0 bridgehead atoms. The van der Waals surface area contributed by atoms with Crippen LogP contribution in [-0.2, 0) is 0 Å². The molecule has 0 atom stereocenters. The summed E-state index contributed by atoms with van der Waals surface area (Å²) >= 11 is 1.49. The molecular weight excluding hydrogens is 420 g/mol. The molecule has 0 aliphatic rings. The highest BCUT2D eigenvalue weighted by molar-refractivity contribution is 7.21. The van der Waals surface area contributed by atoms with Gasteiger partial charge in [0.2, 0.25) is 5.95 Å². The number of aryl methyl sites for hydroxylation is 2. The summed E-state index contributed by atoms with van der Waals surface area (Å²) in [5.74, 6) is 0.724. The normalized spacial score (nSPS) is 11.4. The molecule has 0 unspecified atom stereocenters. The van der Waals surface area contributed by atoms with Crippen molar-refractivity contribution in [1.29, 1.82) is 0 Å². The van der Waals surface area contributed by atoms with E-state index in [1.54, 1.807) is 15.6 Å². The van der Waals surface area contributed by atoms with Crippen molar-refractivity contribution in [3.63, 3.8) is 0 Å². The quantitative estimate of drug-likeness (QED) is 0.357. The fourth-order valence-electron chi connectivity index (χ4n) is 3.91. The zero-order valence-electron chi connectivity index (χ0n) is 19.2. The zero-order valence-corrected chi connectivity index (χ0v) is 20.0. The van der Waals surface area contributed by atoms with Gasteiger partial charge < -0.3 is 4.90 Å². The maximum Gasteiger partial charge on any atom is 0.268 e. The maximum absolute atomic E-state index is 14.0. The highest BCUT2D eigenvalue weighted by atomic mass is 32.1. The molecule has 0 saturated heterocycles. The summed E-state index contributed by atoms with van der Waals surface area (Å²) in [7, 11) is 0. The van der Waals surface area contributed by atoms with Crippen LogP contribution in [0.5, 0.6) is 0 Å². The average molecular weight is 451 g/mol. The van der Waals surface area contributed by atoms with Crippen molar-refractivity contribution in [2.75, 3.05) is 18.0 Å². The molecule has 0 spiro atoms. The predicted molar refractivity (Wildman–Crippen MR) is 132 cm³/mol. The minimum absolute atomic E-state index is 0.0336. The van der Waals surface area contributed by atoms with Gasteiger partial charge >= 0.3 is 0 Å². The van der Waals surface area contributed by atoms with Crippen molar-refractivity contribution in [2.45, 2.75) is 53.4 Å². The minimum atomic E-state index is -0.0336. The zero-order chi connectivity index (χ0) is 22.7. The average Bonchev–Trinajstić information content (AvgIpc) is 3.42. The largest absolute Gasteiger partial charge is 0.342 e. The molecule has 1 aromatic carbocycles. The SMILES string of the molecule is CCCCN(CCCC)c1nc2sc(-n3cncn3)c(C)c2c(=O)n1-c1cccc(C)c1. The molecule has 0 N–H and O–H groups in total. The lowest BCUT2D eigenvalue weighted by Gasteiger charge is -2.26. The smallest absolute Gasteiger partial charge is 0.268 e. The van der Waals surface area contributed by atoms with E-state index in [1.165, 1.54) is 17.7 Å². The third-order valence-electron chi connectivity index (χ3n) is 5.65. The van der Waals surface area contributed by atoms with Crippen molar-refractivity contribution >= 4 is 27.5 Å². The standard InChI is InChI=1S/C24H30N6OS/c1-5-7-12-28(13-8-6-2)24-27-21-20(18(4)23(32-21)29-16-25-15-26-29)22(31)30(24)19-11-9-10-17(3)14-19/h9-11,14-16H,5-8,12-13H2,1-4H3. The molecule has 0 aliphatic carbocycles. The Morgan fingerprint density at radius 3 is 2.47 bits per heavy atom. The third kappa shape index (κ3) is 4.19. The topological polar surface area (TPSA) is 68.8 Å². The van der Waals surface area contributed by atoms with Crippen LogP contribution in [0.2, 0.25) is 0 Å². The van der Waals surface area contributed by atoms with Crippen LogP contribution < -0.4 is 10.5 Å². The molecule has 32 heavy (non-hydrogen) atoms. The summed E-state index contributed by atoms with van der Waals surface area (Å²) in [4.78, 5) is 26.2. The monoisotopic (exact) mass is 450 g/mol. The van der Waals surface area contributed by atoms with Gasteiger partial charge in [-0.05, 0) is 44.4 Å². The van der Waals surface area contributed by atoms with Crippen molar-refractivity contribution < 1.29 is 0 Å². The number of benzene rings is 1. The van der Waals surface area contributed by atoms with E-state index in [2.05, 4.69) is 34.9 Å². The van der Waals surface area contributed by atoms with Gasteiger partial charge in [0, 0.05) is 18.7 Å². The first-order valence-electron chi connectivity index (χ1n) is 11.3. The number of anilines is 1. The first-order chi connectivity index (χ1) is 15.5. The van der Waals surface area contributed by atoms with Crippen molar-refractivity contribution in [3.8, 4) is 10.7 Å². The minimum Gasteiger partial charge on any atom is -0.342 e. The Bertz CT molecular complexity index is 1250. The highest BCUT2D eigenvalue weighted by Gasteiger charge is 2.23. The van der Waals surface area contributed by atoms with E-state index in [4.69, 9.17) is 4.98 Å². The van der Waals surface area contributed by atoms with Crippen LogP contribution in [-0.4, -0.2) is 37.4 Å². The number of rotatable bonds is 9. The van der Waals surface area contributed by atoms with Gasteiger partial charge in [-0.15, -0.1) is 0 Å². The Balaban J connectivity index is 1.99. The van der Waals surface area contributed by atoms with Gasteiger partial charge in [-0.3, -0.25) is 4.79 Å². The molecule has 4 aromatic rings. The van der Waals surface area contributed by atoms with E-state index in [9.17, 15) is 4.79 Å². The van der Waals surface area contributed by atoms with Crippen LogP contribution in [0.4, 0.5) is 5.95 Å². The second kappa shape index (κ2) is 9.65. The van der Waals surface area contributed by atoms with Crippen LogP contribution >= 0.6 is 11.3 Å². The van der Waals surface area contributed by atoms with Crippen molar-refractivity contribution in [2.24, 2.45) is 0 Å². The molecule has 0 radical (unpaired) electrons. The number of thiophene rings is 1. The lowest BCUT2D eigenvalue weighted by atomic mass is 10.2. The van der Waals surface area contributed by atoms with E-state index >= 15 is 0 Å². The molecule has 168 valence electrons. The second-order valence-corrected chi connectivity index (χ2v) is 9.12. The first-order valence-corrected chi connectivity index (χ1v) is 12.1. The van der Waals surface area contributed by atoms with Gasteiger partial charge in [0.25, 0.3) is 5.56 Å². The number of hydrogen-bond donors (Lipinski definition) is 0. The number of aromatic nitrogens is 5. The van der Waals surface area contributed by atoms with Gasteiger partial charge in [-0.25, -0.2) is 19.2 Å². The van der Waals surface area contributed by atoms with Crippen LogP contribution in [0.3, 0.4) is 0 Å². The van der Waals surface area contributed by atoms with E-state index in [0.29, 0.717) is 5.39 Å². The Kier molecular flexibility index (Phi) is 6.69. The van der Waals surface area contributed by atoms with E-state index in [-0.39, 0.29) is 5.56 Å². The number of hydrogen-bond acceptors (Lipinski definition) is 6. The Morgan fingerprint density at radius 1 is 1.09 bits per heavy atom. The Labute approximate surface area is 192 Å². The molecule has 0 fully saturated rings. The van der Waals surface area contributed by atoms with Crippen LogP contribution in [0.25, 0.3) is 20.9 Å². The van der Waals surface area contributed by atoms with Crippen LogP contribution in [0.15, 0.2) is 41.7 Å². The summed E-state index contributed by atoms with van der Waals surface area (Å²) in [6.45, 7) is 10.1. The molecule has 0 aliphatic heterocycles. The number of nitrogens with zero attached hydrogens (tertiary/aromatic N) is 6. The molecular formula is C24H30N6OS. The van der Waals surface area contributed by atoms with E-state index in [1.807, 2.05) is 32.0 Å². The molecule has 3 aromatic heterocycles. The van der Waals surface area contributed by atoms with Crippen LogP contribution in [0.1, 0.15) is 50.7 Å². The molecule has 4 rings (SSSR count). The number of unbranched alkanes of at least 4 members (excludes halogenated alkanes) is 2. The van der Waals surface area contributed by atoms with Gasteiger partial charge in [0.1, 0.15) is 22.5 Å². The van der Waals surface area contributed by atoms with Crippen LogP contribution in [0, 0.1) is 13.8 Å². The Hall–Kier alpha value is -3.00. The summed E-state index contributed by atoms with van der Waals surface area (Å²) in [5.41, 5.74) is 2.81. The van der Waals surface area contributed by atoms with Crippen molar-refractivity contribution in [3.05, 3.63) is 58.4 Å². The van der Waals surface area contributed by atoms with Gasteiger partial charge in [-0.2, -0.15) is 5.10 Å². The molecule has 0 saturated carbocycles. The number of fused-ring (bicyclic) bond motifs is 1. The highest BCUT2D eigenvalue weighted by Crippen LogP contribution is 2.32. The van der Waals surface area contributed by atoms with Gasteiger partial charge in [-0.1, -0.05) is 50.2 Å². The summed E-state index contributed by atoms with van der Waals surface area (Å²) in [6.07, 6.45) is 7.46. The van der Waals surface area contributed by atoms with E-state index < -0.39 is 0 Å². The summed E-state index contributed by atoms with van der Waals surface area (Å²) < 4.78 is 3.51. The third-order valence-corrected chi connectivity index (χ3v) is 6.83. The fraction of sp³-hybridized carbons (Fsp3) is 0.417. The summed E-state index contributed by atoms with van der Waals surface area (Å²) in [5, 5.41) is 5.80. The molecule has 8 heteroatoms. The van der Waals surface area contributed by atoms with Gasteiger partial charge in [0.15, 0.2) is 0 Å². The Morgan fingerprint density at radius 2 is 1.84 bits per heavy atom. The molecule has 7 nitrogen and oxygen atoms in total. The second-order valence-electron chi connectivity index (χ2n) is 8.14. The van der Waals surface area contributed by atoms with Gasteiger partial charge in [0.05, 0.1) is 11.1 Å². The molecule has 0 amide bonds. The van der Waals surface area contributed by atoms with Crippen molar-refractivity contribution in [1.82, 2.24) is 24.3 Å². The predicted octanol–water partition coefficient (Wildman–Crippen LogP) is 5.05. The lowest BCUT2D eigenvalue weighted by Crippen LogP contribution is -2.33. The lowest BCUT2D eigenvalue weighted by molar-refractivity contribution is 0.654. The van der Waals surface area contributed by atoms with E-state index in [0.717, 1.165) is 71.4 Å². The maximum atomic E-state index is 14.0.